The van der Waals surface area contributed by atoms with Gasteiger partial charge in [-0.25, -0.2) is 0 Å². The predicted octanol–water partition coefficient (Wildman–Crippen LogP) is 4.78. The van der Waals surface area contributed by atoms with Crippen LogP contribution in [0, 0.1) is 5.92 Å². The van der Waals surface area contributed by atoms with Gasteiger partial charge in [0.25, 0.3) is 0 Å². The molecule has 1 heterocycles. The van der Waals surface area contributed by atoms with Crippen LogP contribution in [-0.2, 0) is 6.54 Å². The zero-order chi connectivity index (χ0) is 15.1. The summed E-state index contributed by atoms with van der Waals surface area (Å²) in [6.45, 7) is 8.34. The molecule has 0 bridgehead atoms. The van der Waals surface area contributed by atoms with E-state index >= 15 is 0 Å². The highest BCUT2D eigenvalue weighted by atomic mass is 16.5. The molecular formula is C18H26N2O. The monoisotopic (exact) mass is 286 g/mol. The number of aryl methyl sites for hydroxylation is 1. The summed E-state index contributed by atoms with van der Waals surface area (Å²) in [5, 5.41) is 0. The molecule has 0 saturated heterocycles. The van der Waals surface area contributed by atoms with Crippen molar-refractivity contribution in [2.45, 2.75) is 46.6 Å². The van der Waals surface area contributed by atoms with Gasteiger partial charge in [-0.15, -0.1) is 0 Å². The maximum absolute atomic E-state index is 5.81. The third kappa shape index (κ3) is 4.62. The number of hydrogen-bond acceptors (Lipinski definition) is 2. The molecule has 0 saturated carbocycles. The summed E-state index contributed by atoms with van der Waals surface area (Å²) >= 11 is 0. The van der Waals surface area contributed by atoms with Gasteiger partial charge in [-0.1, -0.05) is 57.5 Å². The maximum Gasteiger partial charge on any atom is 0.232 e. The largest absolute Gasteiger partial charge is 0.477 e. The van der Waals surface area contributed by atoms with E-state index in [9.17, 15) is 0 Å². The van der Waals surface area contributed by atoms with E-state index in [1.54, 1.807) is 0 Å². The highest BCUT2D eigenvalue weighted by Gasteiger charge is 2.10. The lowest BCUT2D eigenvalue weighted by molar-refractivity contribution is 0.280. The van der Waals surface area contributed by atoms with E-state index in [1.165, 1.54) is 6.42 Å². The number of imidazole rings is 1. The molecular weight excluding hydrogens is 260 g/mol. The van der Waals surface area contributed by atoms with Crippen molar-refractivity contribution in [1.82, 2.24) is 9.55 Å². The van der Waals surface area contributed by atoms with Crippen LogP contribution in [0.5, 0.6) is 5.88 Å². The Labute approximate surface area is 128 Å². The average Bonchev–Trinajstić information content (AvgIpc) is 2.89. The minimum atomic E-state index is 0.653. The minimum absolute atomic E-state index is 0.653. The first-order valence-corrected chi connectivity index (χ1v) is 7.96. The molecule has 0 atom stereocenters. The molecule has 0 fully saturated rings. The van der Waals surface area contributed by atoms with Crippen molar-refractivity contribution < 1.29 is 4.74 Å². The van der Waals surface area contributed by atoms with Crippen LogP contribution in [0.15, 0.2) is 36.5 Å². The van der Waals surface area contributed by atoms with E-state index in [4.69, 9.17) is 4.74 Å². The number of rotatable bonds is 8. The molecule has 0 radical (unpaired) electrons. The van der Waals surface area contributed by atoms with Crippen LogP contribution in [0.2, 0.25) is 0 Å². The second-order valence-electron chi connectivity index (χ2n) is 5.85. The molecule has 0 aliphatic carbocycles. The van der Waals surface area contributed by atoms with Gasteiger partial charge in [-0.05, 0) is 18.8 Å². The predicted molar refractivity (Wildman–Crippen MR) is 87.5 cm³/mol. The van der Waals surface area contributed by atoms with Crippen LogP contribution in [0.25, 0.3) is 11.4 Å². The van der Waals surface area contributed by atoms with Crippen molar-refractivity contribution in [1.29, 1.82) is 0 Å². The first kappa shape index (κ1) is 15.6. The quantitative estimate of drug-likeness (QED) is 0.698. The molecule has 0 N–H and O–H groups in total. The standard InChI is InChI=1S/C18H26N2O/c1-4-5-12-20-14-17(21-13-11-15(2)3)19-18(20)16-9-7-6-8-10-16/h6-10,14-15H,4-5,11-13H2,1-3H3. The van der Waals surface area contributed by atoms with Crippen molar-refractivity contribution in [3.05, 3.63) is 36.5 Å². The van der Waals surface area contributed by atoms with Crippen LogP contribution in [0.3, 0.4) is 0 Å². The van der Waals surface area contributed by atoms with Crippen LogP contribution >= 0.6 is 0 Å². The summed E-state index contributed by atoms with van der Waals surface area (Å²) < 4.78 is 8.02. The minimum Gasteiger partial charge on any atom is -0.477 e. The van der Waals surface area contributed by atoms with E-state index in [0.717, 1.165) is 43.3 Å². The first-order chi connectivity index (χ1) is 10.2. The second kappa shape index (κ2) is 7.87. The molecule has 2 aromatic rings. The Bertz CT molecular complexity index is 531. The van der Waals surface area contributed by atoms with Gasteiger partial charge in [-0.2, -0.15) is 4.98 Å². The van der Waals surface area contributed by atoms with Gasteiger partial charge < -0.3 is 9.30 Å². The van der Waals surface area contributed by atoms with Crippen LogP contribution in [-0.4, -0.2) is 16.2 Å². The number of unbranched alkanes of at least 4 members (excludes halogenated alkanes) is 1. The second-order valence-corrected chi connectivity index (χ2v) is 5.85. The summed E-state index contributed by atoms with van der Waals surface area (Å²) in [5.74, 6) is 2.40. The Morgan fingerprint density at radius 3 is 2.62 bits per heavy atom. The van der Waals surface area contributed by atoms with Gasteiger partial charge in [0.1, 0.15) is 5.82 Å². The van der Waals surface area contributed by atoms with E-state index in [-0.39, 0.29) is 0 Å². The van der Waals surface area contributed by atoms with Crippen molar-refractivity contribution in [2.24, 2.45) is 5.92 Å². The van der Waals surface area contributed by atoms with Gasteiger partial charge in [0.2, 0.25) is 5.88 Å². The van der Waals surface area contributed by atoms with Crippen molar-refractivity contribution in [3.8, 4) is 17.3 Å². The van der Waals surface area contributed by atoms with Crippen LogP contribution in [0.4, 0.5) is 0 Å². The zero-order valence-corrected chi connectivity index (χ0v) is 13.4. The highest BCUT2D eigenvalue weighted by Crippen LogP contribution is 2.23. The van der Waals surface area contributed by atoms with Crippen LogP contribution < -0.4 is 4.74 Å². The molecule has 1 aromatic carbocycles. The Kier molecular flexibility index (Phi) is 5.85. The SMILES string of the molecule is CCCCn1cc(OCCC(C)C)nc1-c1ccccc1. The lowest BCUT2D eigenvalue weighted by Gasteiger charge is -2.06. The number of hydrogen-bond donors (Lipinski definition) is 0. The lowest BCUT2D eigenvalue weighted by Crippen LogP contribution is -2.01. The van der Waals surface area contributed by atoms with Crippen molar-refractivity contribution in [3.63, 3.8) is 0 Å². The molecule has 2 rings (SSSR count). The van der Waals surface area contributed by atoms with Gasteiger partial charge in [0.05, 0.1) is 12.8 Å². The molecule has 3 heteroatoms. The number of ether oxygens (including phenoxy) is 1. The Morgan fingerprint density at radius 1 is 1.19 bits per heavy atom. The van der Waals surface area contributed by atoms with Gasteiger partial charge in [0.15, 0.2) is 0 Å². The molecule has 0 aliphatic heterocycles. The fourth-order valence-electron chi connectivity index (χ4n) is 2.18. The Hall–Kier alpha value is -1.77. The van der Waals surface area contributed by atoms with Gasteiger partial charge >= 0.3 is 0 Å². The fourth-order valence-corrected chi connectivity index (χ4v) is 2.18. The molecule has 0 unspecified atom stereocenters. The Morgan fingerprint density at radius 2 is 1.95 bits per heavy atom. The summed E-state index contributed by atoms with van der Waals surface area (Å²) in [6.07, 6.45) is 5.43. The smallest absolute Gasteiger partial charge is 0.232 e. The third-order valence-electron chi connectivity index (χ3n) is 3.48. The molecule has 0 amide bonds. The highest BCUT2D eigenvalue weighted by molar-refractivity contribution is 5.56. The lowest BCUT2D eigenvalue weighted by atomic mass is 10.1. The summed E-state index contributed by atoms with van der Waals surface area (Å²) in [7, 11) is 0. The third-order valence-corrected chi connectivity index (χ3v) is 3.48. The van der Waals surface area contributed by atoms with E-state index in [1.807, 2.05) is 24.4 Å². The molecule has 1 aromatic heterocycles. The number of nitrogens with zero attached hydrogens (tertiary/aromatic N) is 2. The molecule has 3 nitrogen and oxygen atoms in total. The summed E-state index contributed by atoms with van der Waals surface area (Å²) in [4.78, 5) is 4.67. The topological polar surface area (TPSA) is 27.1 Å². The molecule has 114 valence electrons. The summed E-state index contributed by atoms with van der Waals surface area (Å²) in [6, 6.07) is 10.3. The molecule has 21 heavy (non-hydrogen) atoms. The van der Waals surface area contributed by atoms with Gasteiger partial charge in [0, 0.05) is 12.1 Å². The summed E-state index contributed by atoms with van der Waals surface area (Å²) in [5.41, 5.74) is 1.15. The normalized spacial score (nSPS) is 11.0. The fraction of sp³-hybridized carbons (Fsp3) is 0.500. The number of benzene rings is 1. The van der Waals surface area contributed by atoms with Gasteiger partial charge in [-0.3, -0.25) is 0 Å². The zero-order valence-electron chi connectivity index (χ0n) is 13.4. The molecule has 0 spiro atoms. The maximum atomic E-state index is 5.81. The first-order valence-electron chi connectivity index (χ1n) is 7.96. The average molecular weight is 286 g/mol. The number of aromatic nitrogens is 2. The van der Waals surface area contributed by atoms with E-state index in [0.29, 0.717) is 5.92 Å². The van der Waals surface area contributed by atoms with E-state index in [2.05, 4.69) is 42.5 Å². The van der Waals surface area contributed by atoms with Crippen molar-refractivity contribution in [2.75, 3.05) is 6.61 Å². The van der Waals surface area contributed by atoms with E-state index < -0.39 is 0 Å². The Balaban J connectivity index is 2.15. The van der Waals surface area contributed by atoms with Crippen LogP contribution in [0.1, 0.15) is 40.0 Å². The molecule has 0 aliphatic rings. The van der Waals surface area contributed by atoms with Crippen molar-refractivity contribution >= 4 is 0 Å².